The Balaban J connectivity index is 2.46. The van der Waals surface area contributed by atoms with Gasteiger partial charge in [0, 0.05) is 5.92 Å². The Morgan fingerprint density at radius 3 is 2.30 bits per heavy atom. The first-order valence-electron chi connectivity index (χ1n) is 7.29. The fraction of sp³-hybridized carbons (Fsp3) is 0.588. The summed E-state index contributed by atoms with van der Waals surface area (Å²) in [6.07, 6.45) is -0.449. The van der Waals surface area contributed by atoms with Crippen molar-refractivity contribution in [1.82, 2.24) is 0 Å². The molecule has 112 valence electrons. The first kappa shape index (κ1) is 16.9. The molecule has 3 heteroatoms. The summed E-state index contributed by atoms with van der Waals surface area (Å²) in [5.41, 5.74) is 1.04. The third-order valence-corrected chi connectivity index (χ3v) is 3.48. The molecule has 3 atom stereocenters. The number of carbonyl (C=O) groups is 1. The molecule has 1 rings (SSSR count). The van der Waals surface area contributed by atoms with Gasteiger partial charge in [0.1, 0.15) is 6.10 Å². The molecule has 0 aromatic heterocycles. The Bertz CT molecular complexity index is 400. The van der Waals surface area contributed by atoms with Crippen LogP contribution in [0.2, 0.25) is 0 Å². The predicted octanol–water partition coefficient (Wildman–Crippen LogP) is 3.20. The van der Waals surface area contributed by atoms with Gasteiger partial charge in [0.25, 0.3) is 0 Å². The summed E-state index contributed by atoms with van der Waals surface area (Å²) in [6, 6.07) is 9.77. The molecule has 0 bridgehead atoms. The van der Waals surface area contributed by atoms with E-state index < -0.39 is 12.2 Å². The number of aliphatic hydroxyl groups excluding tert-OH is 1. The molecule has 0 saturated carbocycles. The normalized spacial score (nSPS) is 15.9. The summed E-state index contributed by atoms with van der Waals surface area (Å²) in [4.78, 5) is 12.2. The Morgan fingerprint density at radius 2 is 1.75 bits per heavy atom. The van der Waals surface area contributed by atoms with Crippen LogP contribution in [0.15, 0.2) is 30.3 Å². The van der Waals surface area contributed by atoms with Crippen LogP contribution >= 0.6 is 0 Å². The molecule has 0 heterocycles. The minimum absolute atomic E-state index is 0.0333. The molecule has 0 fully saturated rings. The molecule has 20 heavy (non-hydrogen) atoms. The van der Waals surface area contributed by atoms with Crippen molar-refractivity contribution in [3.05, 3.63) is 35.9 Å². The number of ketones is 1. The van der Waals surface area contributed by atoms with Crippen molar-refractivity contribution in [2.75, 3.05) is 0 Å². The van der Waals surface area contributed by atoms with Crippen LogP contribution in [0.3, 0.4) is 0 Å². The van der Waals surface area contributed by atoms with Gasteiger partial charge in [-0.1, -0.05) is 51.1 Å². The Kier molecular flexibility index (Phi) is 6.89. The summed E-state index contributed by atoms with van der Waals surface area (Å²) in [5, 5.41) is 10.0. The van der Waals surface area contributed by atoms with Crippen molar-refractivity contribution >= 4 is 5.78 Å². The second-order valence-corrected chi connectivity index (χ2v) is 5.83. The van der Waals surface area contributed by atoms with Crippen LogP contribution in [-0.2, 0) is 16.1 Å². The number of rotatable bonds is 8. The Labute approximate surface area is 122 Å². The molecule has 1 aromatic carbocycles. The number of Topliss-reactive ketones (excluding diaryl/α,β-unsaturated/α-hetero) is 1. The van der Waals surface area contributed by atoms with Crippen LogP contribution in [0.5, 0.6) is 0 Å². The van der Waals surface area contributed by atoms with Crippen LogP contribution < -0.4 is 0 Å². The van der Waals surface area contributed by atoms with Crippen molar-refractivity contribution < 1.29 is 14.6 Å². The first-order valence-corrected chi connectivity index (χ1v) is 7.29. The molecule has 1 aromatic rings. The predicted molar refractivity (Wildman–Crippen MR) is 80.3 cm³/mol. The molecular formula is C17H26O3. The van der Waals surface area contributed by atoms with Gasteiger partial charge in [0.2, 0.25) is 0 Å². The Morgan fingerprint density at radius 1 is 1.15 bits per heavy atom. The highest BCUT2D eigenvalue weighted by molar-refractivity contribution is 5.85. The van der Waals surface area contributed by atoms with E-state index in [1.165, 1.54) is 0 Å². The minimum Gasteiger partial charge on any atom is -0.392 e. The van der Waals surface area contributed by atoms with Crippen LogP contribution in [-0.4, -0.2) is 23.1 Å². The highest BCUT2D eigenvalue weighted by Crippen LogP contribution is 2.17. The molecule has 0 aliphatic carbocycles. The highest BCUT2D eigenvalue weighted by Gasteiger charge is 2.27. The summed E-state index contributed by atoms with van der Waals surface area (Å²) in [5.74, 6) is -0.0435. The molecule has 0 radical (unpaired) electrons. The fourth-order valence-corrected chi connectivity index (χ4v) is 2.12. The van der Waals surface area contributed by atoms with Gasteiger partial charge in [-0.05, 0) is 24.8 Å². The van der Waals surface area contributed by atoms with Gasteiger partial charge in [-0.25, -0.2) is 0 Å². The number of benzene rings is 1. The van der Waals surface area contributed by atoms with Crippen LogP contribution in [0.1, 0.15) is 39.7 Å². The number of hydrogen-bond donors (Lipinski definition) is 1. The second-order valence-electron chi connectivity index (χ2n) is 5.83. The summed E-state index contributed by atoms with van der Waals surface area (Å²) in [7, 11) is 0. The highest BCUT2D eigenvalue weighted by atomic mass is 16.5. The van der Waals surface area contributed by atoms with Crippen molar-refractivity contribution in [1.29, 1.82) is 0 Å². The third-order valence-electron chi connectivity index (χ3n) is 3.48. The summed E-state index contributed by atoms with van der Waals surface area (Å²) < 4.78 is 5.61. The van der Waals surface area contributed by atoms with E-state index in [0.29, 0.717) is 18.9 Å². The van der Waals surface area contributed by atoms with Crippen molar-refractivity contribution in [3.8, 4) is 0 Å². The van der Waals surface area contributed by atoms with Gasteiger partial charge in [0.05, 0.1) is 12.7 Å². The number of aliphatic hydroxyl groups is 1. The molecule has 0 spiro atoms. The molecule has 1 N–H and O–H groups in total. The largest absolute Gasteiger partial charge is 0.392 e. The van der Waals surface area contributed by atoms with Gasteiger partial charge in [-0.3, -0.25) is 4.79 Å². The molecular weight excluding hydrogens is 252 g/mol. The zero-order valence-electron chi connectivity index (χ0n) is 12.9. The van der Waals surface area contributed by atoms with Crippen LogP contribution in [0.25, 0.3) is 0 Å². The Hall–Kier alpha value is -1.19. The van der Waals surface area contributed by atoms with Crippen LogP contribution in [0.4, 0.5) is 0 Å². The van der Waals surface area contributed by atoms with Gasteiger partial charge < -0.3 is 9.84 Å². The van der Waals surface area contributed by atoms with Crippen molar-refractivity contribution in [2.45, 2.75) is 52.9 Å². The molecule has 0 aliphatic rings. The monoisotopic (exact) mass is 278 g/mol. The van der Waals surface area contributed by atoms with Crippen molar-refractivity contribution in [2.24, 2.45) is 11.8 Å². The minimum atomic E-state index is -0.592. The molecule has 0 unspecified atom stereocenters. The second kappa shape index (κ2) is 8.18. The van der Waals surface area contributed by atoms with Gasteiger partial charge in [-0.2, -0.15) is 0 Å². The van der Waals surface area contributed by atoms with E-state index in [9.17, 15) is 9.90 Å². The lowest BCUT2D eigenvalue weighted by Gasteiger charge is -2.22. The maximum Gasteiger partial charge on any atom is 0.166 e. The lowest BCUT2D eigenvalue weighted by molar-refractivity contribution is -0.137. The van der Waals surface area contributed by atoms with E-state index >= 15 is 0 Å². The number of hydrogen-bond acceptors (Lipinski definition) is 3. The van der Waals surface area contributed by atoms with E-state index in [0.717, 1.165) is 5.56 Å². The number of ether oxygens (including phenoxy) is 1. The van der Waals surface area contributed by atoms with Crippen molar-refractivity contribution in [3.63, 3.8) is 0 Å². The fourth-order valence-electron chi connectivity index (χ4n) is 2.12. The average Bonchev–Trinajstić information content (AvgIpc) is 2.43. The topological polar surface area (TPSA) is 46.5 Å². The molecule has 0 amide bonds. The average molecular weight is 278 g/mol. The van der Waals surface area contributed by atoms with E-state index in [4.69, 9.17) is 4.74 Å². The SMILES string of the molecule is CC(C)C[C@H](O)[C@H](C)C(=O)[C@H](C)OCc1ccccc1. The van der Waals surface area contributed by atoms with Gasteiger partial charge >= 0.3 is 0 Å². The maximum absolute atomic E-state index is 12.2. The maximum atomic E-state index is 12.2. The van der Waals surface area contributed by atoms with Gasteiger partial charge in [-0.15, -0.1) is 0 Å². The summed E-state index contributed by atoms with van der Waals surface area (Å²) >= 11 is 0. The first-order chi connectivity index (χ1) is 9.41. The number of carbonyl (C=O) groups excluding carboxylic acids is 1. The molecule has 0 aliphatic heterocycles. The quantitative estimate of drug-likeness (QED) is 0.794. The lowest BCUT2D eigenvalue weighted by Crippen LogP contribution is -2.34. The van der Waals surface area contributed by atoms with E-state index in [2.05, 4.69) is 0 Å². The smallest absolute Gasteiger partial charge is 0.166 e. The van der Waals surface area contributed by atoms with E-state index in [1.54, 1.807) is 13.8 Å². The third kappa shape index (κ3) is 5.43. The summed E-state index contributed by atoms with van der Waals surface area (Å²) in [6.45, 7) is 8.02. The van der Waals surface area contributed by atoms with E-state index in [1.807, 2.05) is 44.2 Å². The van der Waals surface area contributed by atoms with Crippen LogP contribution in [0, 0.1) is 11.8 Å². The lowest BCUT2D eigenvalue weighted by atomic mass is 9.91. The zero-order chi connectivity index (χ0) is 15.1. The zero-order valence-corrected chi connectivity index (χ0v) is 12.9. The van der Waals surface area contributed by atoms with E-state index in [-0.39, 0.29) is 11.7 Å². The molecule has 0 saturated heterocycles. The standard InChI is InChI=1S/C17H26O3/c1-12(2)10-16(18)13(3)17(19)14(4)20-11-15-8-6-5-7-9-15/h5-9,12-14,16,18H,10-11H2,1-4H3/t13-,14-,16-/m0/s1. The molecule has 3 nitrogen and oxygen atoms in total. The van der Waals surface area contributed by atoms with Gasteiger partial charge in [0.15, 0.2) is 5.78 Å².